The molecule has 0 heterocycles. The number of halogens is 2. The molecule has 0 saturated carbocycles. The summed E-state index contributed by atoms with van der Waals surface area (Å²) in [7, 11) is 1.44. The summed E-state index contributed by atoms with van der Waals surface area (Å²) in [5.74, 6) is -1.48. The van der Waals surface area contributed by atoms with Gasteiger partial charge in [-0.3, -0.25) is 4.79 Å². The molecule has 0 bridgehead atoms. The normalized spacial score (nSPS) is 12.0. The molecule has 1 unspecified atom stereocenters. The number of hydrogen-bond acceptors (Lipinski definition) is 2. The second-order valence-electron chi connectivity index (χ2n) is 3.80. The molecule has 1 N–H and O–H groups in total. The first-order valence-electron chi connectivity index (χ1n) is 5.33. The summed E-state index contributed by atoms with van der Waals surface area (Å²) in [5, 5.41) is 9.63. The van der Waals surface area contributed by atoms with Crippen molar-refractivity contribution in [2.75, 3.05) is 7.05 Å². The Kier molecular flexibility index (Phi) is 4.99. The molecule has 1 atom stereocenters. The van der Waals surface area contributed by atoms with Crippen molar-refractivity contribution in [3.05, 3.63) is 33.8 Å². The van der Waals surface area contributed by atoms with Gasteiger partial charge in [-0.15, -0.1) is 0 Å². The topological polar surface area (TPSA) is 57.6 Å². The van der Waals surface area contributed by atoms with E-state index in [9.17, 15) is 9.59 Å². The number of hydrogen-bond donors (Lipinski definition) is 1. The van der Waals surface area contributed by atoms with E-state index in [1.54, 1.807) is 6.92 Å². The molecule has 1 aromatic carbocycles. The van der Waals surface area contributed by atoms with Gasteiger partial charge in [-0.25, -0.2) is 4.79 Å². The van der Waals surface area contributed by atoms with Crippen LogP contribution in [0.3, 0.4) is 0 Å². The van der Waals surface area contributed by atoms with Gasteiger partial charge in [-0.05, 0) is 24.6 Å². The first-order valence-corrected chi connectivity index (χ1v) is 6.09. The summed E-state index contributed by atoms with van der Waals surface area (Å²) in [6.07, 6.45) is 0.322. The third-order valence-corrected chi connectivity index (χ3v) is 3.17. The van der Waals surface area contributed by atoms with E-state index < -0.39 is 17.9 Å². The maximum absolute atomic E-state index is 12.1. The van der Waals surface area contributed by atoms with Crippen LogP contribution in [0, 0.1) is 0 Å². The monoisotopic (exact) mass is 289 g/mol. The second kappa shape index (κ2) is 6.07. The van der Waals surface area contributed by atoms with Crippen LogP contribution in [0.1, 0.15) is 23.7 Å². The van der Waals surface area contributed by atoms with E-state index in [-0.39, 0.29) is 10.6 Å². The summed E-state index contributed by atoms with van der Waals surface area (Å²) < 4.78 is 0. The highest BCUT2D eigenvalue weighted by Crippen LogP contribution is 2.22. The highest BCUT2D eigenvalue weighted by Gasteiger charge is 2.26. The number of amides is 1. The summed E-state index contributed by atoms with van der Waals surface area (Å²) in [4.78, 5) is 24.3. The van der Waals surface area contributed by atoms with Crippen molar-refractivity contribution in [3.8, 4) is 0 Å². The molecular weight excluding hydrogens is 277 g/mol. The minimum Gasteiger partial charge on any atom is -0.480 e. The van der Waals surface area contributed by atoms with Gasteiger partial charge >= 0.3 is 5.97 Å². The molecule has 18 heavy (non-hydrogen) atoms. The highest BCUT2D eigenvalue weighted by molar-refractivity contribution is 6.36. The minimum absolute atomic E-state index is 0.208. The Bertz CT molecular complexity index is 476. The zero-order chi connectivity index (χ0) is 13.9. The van der Waals surface area contributed by atoms with Crippen LogP contribution in [0.15, 0.2) is 18.2 Å². The Morgan fingerprint density at radius 3 is 2.44 bits per heavy atom. The summed E-state index contributed by atoms with van der Waals surface area (Å²) in [5.41, 5.74) is 0.239. The van der Waals surface area contributed by atoms with E-state index in [0.29, 0.717) is 11.4 Å². The van der Waals surface area contributed by atoms with Crippen LogP contribution in [0.25, 0.3) is 0 Å². The number of rotatable bonds is 4. The van der Waals surface area contributed by atoms with Crippen LogP contribution in [0.5, 0.6) is 0 Å². The predicted molar refractivity (Wildman–Crippen MR) is 70.3 cm³/mol. The summed E-state index contributed by atoms with van der Waals surface area (Å²) in [6.45, 7) is 1.70. The number of carboxylic acids is 1. The molecule has 98 valence electrons. The Labute approximate surface area is 115 Å². The lowest BCUT2D eigenvalue weighted by Gasteiger charge is -2.24. The standard InChI is InChI=1S/C12H13Cl2NO3/c1-3-10(12(17)18)15(2)11(16)8-5-4-7(13)6-9(8)14/h4-6,10H,3H2,1-2H3,(H,17,18). The molecular formula is C12H13Cl2NO3. The number of aliphatic carboxylic acids is 1. The van der Waals surface area contributed by atoms with Crippen LogP contribution in [0.4, 0.5) is 0 Å². The van der Waals surface area contributed by atoms with E-state index in [1.165, 1.54) is 25.2 Å². The van der Waals surface area contributed by atoms with E-state index in [4.69, 9.17) is 28.3 Å². The maximum atomic E-state index is 12.1. The first kappa shape index (κ1) is 14.8. The lowest BCUT2D eigenvalue weighted by molar-refractivity contribution is -0.142. The molecule has 6 heteroatoms. The molecule has 0 aromatic heterocycles. The summed E-state index contributed by atoms with van der Waals surface area (Å²) >= 11 is 11.7. The molecule has 0 saturated heterocycles. The van der Waals surface area contributed by atoms with Crippen LogP contribution >= 0.6 is 23.2 Å². The van der Waals surface area contributed by atoms with Gasteiger partial charge in [-0.2, -0.15) is 0 Å². The molecule has 1 amide bonds. The molecule has 0 fully saturated rings. The largest absolute Gasteiger partial charge is 0.480 e. The van der Waals surface area contributed by atoms with Crippen molar-refractivity contribution in [2.24, 2.45) is 0 Å². The minimum atomic E-state index is -1.04. The average Bonchev–Trinajstić information content (AvgIpc) is 2.28. The molecule has 0 aliphatic rings. The number of carbonyl (C=O) groups is 2. The smallest absolute Gasteiger partial charge is 0.326 e. The van der Waals surface area contributed by atoms with Gasteiger partial charge in [0.1, 0.15) is 6.04 Å². The Balaban J connectivity index is 3.02. The van der Waals surface area contributed by atoms with Crippen LogP contribution < -0.4 is 0 Å². The van der Waals surface area contributed by atoms with Crippen LogP contribution in [-0.4, -0.2) is 35.0 Å². The zero-order valence-electron chi connectivity index (χ0n) is 9.98. The number of carbonyl (C=O) groups excluding carboxylic acids is 1. The Hall–Kier alpha value is -1.26. The van der Waals surface area contributed by atoms with Crippen molar-refractivity contribution in [3.63, 3.8) is 0 Å². The lowest BCUT2D eigenvalue weighted by atomic mass is 10.1. The van der Waals surface area contributed by atoms with Crippen molar-refractivity contribution in [1.82, 2.24) is 4.90 Å². The Morgan fingerprint density at radius 2 is 2.00 bits per heavy atom. The van der Waals surface area contributed by atoms with E-state index in [1.807, 2.05) is 0 Å². The fraction of sp³-hybridized carbons (Fsp3) is 0.333. The predicted octanol–water partition coefficient (Wildman–Crippen LogP) is 2.93. The molecule has 0 spiro atoms. The van der Waals surface area contributed by atoms with Crippen molar-refractivity contribution >= 4 is 35.1 Å². The highest BCUT2D eigenvalue weighted by atomic mass is 35.5. The van der Waals surface area contributed by atoms with Gasteiger partial charge < -0.3 is 10.0 Å². The van der Waals surface area contributed by atoms with Gasteiger partial charge in [0.25, 0.3) is 5.91 Å². The fourth-order valence-electron chi connectivity index (χ4n) is 1.61. The third-order valence-electron chi connectivity index (χ3n) is 2.62. The van der Waals surface area contributed by atoms with Crippen molar-refractivity contribution in [1.29, 1.82) is 0 Å². The maximum Gasteiger partial charge on any atom is 0.326 e. The number of carboxylic acid groups (broad SMARTS) is 1. The molecule has 1 aromatic rings. The average molecular weight is 290 g/mol. The zero-order valence-corrected chi connectivity index (χ0v) is 11.5. The van der Waals surface area contributed by atoms with Gasteiger partial charge in [-0.1, -0.05) is 30.1 Å². The second-order valence-corrected chi connectivity index (χ2v) is 4.65. The van der Waals surface area contributed by atoms with Crippen LogP contribution in [-0.2, 0) is 4.79 Å². The van der Waals surface area contributed by atoms with Crippen LogP contribution in [0.2, 0.25) is 10.0 Å². The molecule has 1 rings (SSSR count). The van der Waals surface area contributed by atoms with E-state index >= 15 is 0 Å². The fourth-order valence-corrected chi connectivity index (χ4v) is 2.10. The van der Waals surface area contributed by atoms with Gasteiger partial charge in [0.2, 0.25) is 0 Å². The third kappa shape index (κ3) is 3.15. The Morgan fingerprint density at radius 1 is 1.39 bits per heavy atom. The number of nitrogens with zero attached hydrogens (tertiary/aromatic N) is 1. The number of likely N-dealkylation sites (N-methyl/N-ethyl adjacent to an activating group) is 1. The SMILES string of the molecule is CCC(C(=O)O)N(C)C(=O)c1ccc(Cl)cc1Cl. The molecule has 0 aliphatic carbocycles. The number of benzene rings is 1. The quantitative estimate of drug-likeness (QED) is 0.927. The van der Waals surface area contributed by atoms with Gasteiger partial charge in [0.15, 0.2) is 0 Å². The van der Waals surface area contributed by atoms with Crippen molar-refractivity contribution in [2.45, 2.75) is 19.4 Å². The van der Waals surface area contributed by atoms with Gasteiger partial charge in [0.05, 0.1) is 10.6 Å². The van der Waals surface area contributed by atoms with E-state index in [2.05, 4.69) is 0 Å². The molecule has 0 aliphatic heterocycles. The first-order chi connectivity index (χ1) is 8.38. The molecule has 4 nitrogen and oxygen atoms in total. The lowest BCUT2D eigenvalue weighted by Crippen LogP contribution is -2.42. The molecule has 0 radical (unpaired) electrons. The van der Waals surface area contributed by atoms with Crippen molar-refractivity contribution < 1.29 is 14.7 Å². The van der Waals surface area contributed by atoms with Gasteiger partial charge in [0, 0.05) is 12.1 Å². The summed E-state index contributed by atoms with van der Waals surface area (Å²) in [6, 6.07) is 3.60. The van der Waals surface area contributed by atoms with E-state index in [0.717, 1.165) is 4.90 Å².